The van der Waals surface area contributed by atoms with Gasteiger partial charge >= 0.3 is 0 Å². The van der Waals surface area contributed by atoms with Gasteiger partial charge in [-0.15, -0.1) is 6.58 Å². The number of rotatable bonds is 2. The molecule has 4 fully saturated rings. The predicted molar refractivity (Wildman–Crippen MR) is 52.5 cm³/mol. The van der Waals surface area contributed by atoms with Crippen LogP contribution in [0.4, 0.5) is 0 Å². The number of hydrogen-bond donors (Lipinski definition) is 0. The van der Waals surface area contributed by atoms with Crippen molar-refractivity contribution in [2.45, 2.75) is 50.2 Å². The summed E-state index contributed by atoms with van der Waals surface area (Å²) in [6.45, 7) is 3.86. The molecule has 2 aliphatic heterocycles. The third-order valence-electron chi connectivity index (χ3n) is 4.11. The Morgan fingerprint density at radius 1 is 1.23 bits per heavy atom. The van der Waals surface area contributed by atoms with Gasteiger partial charge in [-0.25, -0.2) is 0 Å². The molecule has 0 aromatic carbocycles. The molecule has 0 radical (unpaired) electrons. The first-order chi connectivity index (χ1) is 6.30. The molecular weight excluding hydrogens is 160 g/mol. The molecule has 2 heterocycles. The van der Waals surface area contributed by atoms with Gasteiger partial charge in [0.1, 0.15) is 0 Å². The van der Waals surface area contributed by atoms with Gasteiger partial charge in [-0.05, 0) is 50.4 Å². The minimum atomic E-state index is 0.233. The third kappa shape index (κ3) is 1.17. The quantitative estimate of drug-likeness (QED) is 0.591. The average Bonchev–Trinajstić information content (AvgIpc) is 2.00. The highest BCUT2D eigenvalue weighted by Gasteiger charge is 2.51. The van der Waals surface area contributed by atoms with Gasteiger partial charge in [-0.1, -0.05) is 6.08 Å². The molecule has 2 unspecified atom stereocenters. The van der Waals surface area contributed by atoms with Crippen LogP contribution in [0.25, 0.3) is 0 Å². The SMILES string of the molecule is C=CCC12C[C@@H]3CC(C[C@@H](C3)C1)O2. The molecule has 0 spiro atoms. The smallest absolute Gasteiger partial charge is 0.0725 e. The highest BCUT2D eigenvalue weighted by Crippen LogP contribution is 2.54. The van der Waals surface area contributed by atoms with Crippen LogP contribution in [0.5, 0.6) is 0 Å². The molecule has 0 amide bonds. The van der Waals surface area contributed by atoms with E-state index in [2.05, 4.69) is 6.58 Å². The maximum atomic E-state index is 6.18. The Balaban J connectivity index is 1.87. The molecule has 72 valence electrons. The molecule has 4 bridgehead atoms. The van der Waals surface area contributed by atoms with Crippen LogP contribution in [0.15, 0.2) is 12.7 Å². The van der Waals surface area contributed by atoms with E-state index in [1.54, 1.807) is 0 Å². The molecule has 1 heteroatoms. The largest absolute Gasteiger partial charge is 0.371 e. The lowest BCUT2D eigenvalue weighted by Gasteiger charge is -2.56. The van der Waals surface area contributed by atoms with Crippen LogP contribution in [-0.4, -0.2) is 11.7 Å². The second kappa shape index (κ2) is 2.60. The van der Waals surface area contributed by atoms with Crippen LogP contribution in [-0.2, 0) is 4.74 Å². The molecule has 4 atom stereocenters. The zero-order valence-corrected chi connectivity index (χ0v) is 8.17. The van der Waals surface area contributed by atoms with Crippen molar-refractivity contribution in [1.29, 1.82) is 0 Å². The molecule has 1 nitrogen and oxygen atoms in total. The normalized spacial score (nSPS) is 52.5. The molecule has 4 rings (SSSR count). The summed E-state index contributed by atoms with van der Waals surface area (Å²) in [5, 5.41) is 0. The third-order valence-corrected chi connectivity index (χ3v) is 4.11. The highest BCUT2D eigenvalue weighted by molar-refractivity contribution is 5.03. The Hall–Kier alpha value is -0.300. The summed E-state index contributed by atoms with van der Waals surface area (Å²) >= 11 is 0. The molecule has 2 aliphatic carbocycles. The predicted octanol–water partition coefficient (Wildman–Crippen LogP) is 2.91. The second-order valence-corrected chi connectivity index (χ2v) is 5.26. The fraction of sp³-hybridized carbons (Fsp3) is 0.833. The lowest BCUT2D eigenvalue weighted by molar-refractivity contribution is -0.218. The van der Waals surface area contributed by atoms with E-state index >= 15 is 0 Å². The van der Waals surface area contributed by atoms with Gasteiger partial charge in [0.05, 0.1) is 11.7 Å². The van der Waals surface area contributed by atoms with Crippen LogP contribution in [0.1, 0.15) is 38.5 Å². The number of hydrogen-bond acceptors (Lipinski definition) is 1. The van der Waals surface area contributed by atoms with E-state index in [0.717, 1.165) is 18.3 Å². The van der Waals surface area contributed by atoms with Crippen molar-refractivity contribution < 1.29 is 4.74 Å². The first-order valence-electron chi connectivity index (χ1n) is 5.58. The Morgan fingerprint density at radius 2 is 1.92 bits per heavy atom. The van der Waals surface area contributed by atoms with Gasteiger partial charge < -0.3 is 4.74 Å². The fourth-order valence-electron chi connectivity index (χ4n) is 4.00. The fourth-order valence-corrected chi connectivity index (χ4v) is 4.00. The van der Waals surface area contributed by atoms with E-state index in [1.807, 2.05) is 6.08 Å². The lowest BCUT2D eigenvalue weighted by Crippen LogP contribution is -2.54. The van der Waals surface area contributed by atoms with E-state index in [-0.39, 0.29) is 5.60 Å². The van der Waals surface area contributed by atoms with Crippen LogP contribution in [0.2, 0.25) is 0 Å². The molecule has 2 saturated carbocycles. The molecule has 0 aromatic heterocycles. The van der Waals surface area contributed by atoms with E-state index in [4.69, 9.17) is 4.74 Å². The monoisotopic (exact) mass is 178 g/mol. The van der Waals surface area contributed by atoms with E-state index in [1.165, 1.54) is 32.1 Å². The molecule has 2 saturated heterocycles. The topological polar surface area (TPSA) is 9.23 Å². The van der Waals surface area contributed by atoms with Crippen molar-refractivity contribution in [3.63, 3.8) is 0 Å². The first kappa shape index (κ1) is 8.05. The lowest BCUT2D eigenvalue weighted by atomic mass is 9.61. The van der Waals surface area contributed by atoms with Crippen molar-refractivity contribution >= 4 is 0 Å². The van der Waals surface area contributed by atoms with Gasteiger partial charge in [0, 0.05) is 0 Å². The van der Waals surface area contributed by atoms with Crippen molar-refractivity contribution in [2.75, 3.05) is 0 Å². The van der Waals surface area contributed by atoms with Gasteiger partial charge in [0.25, 0.3) is 0 Å². The Labute approximate surface area is 80.2 Å². The molecule has 0 aromatic rings. The molecule has 4 aliphatic rings. The minimum Gasteiger partial charge on any atom is -0.371 e. The Morgan fingerprint density at radius 3 is 2.46 bits per heavy atom. The minimum absolute atomic E-state index is 0.233. The Kier molecular flexibility index (Phi) is 1.61. The van der Waals surface area contributed by atoms with Gasteiger partial charge in [-0.2, -0.15) is 0 Å². The zero-order chi connectivity index (χ0) is 8.89. The van der Waals surface area contributed by atoms with Crippen molar-refractivity contribution in [3.8, 4) is 0 Å². The molecule has 0 N–H and O–H groups in total. The Bertz CT molecular complexity index is 196. The molecular formula is C12H18O. The summed E-state index contributed by atoms with van der Waals surface area (Å²) in [5.41, 5.74) is 0.233. The summed E-state index contributed by atoms with van der Waals surface area (Å²) in [7, 11) is 0. The maximum Gasteiger partial charge on any atom is 0.0725 e. The van der Waals surface area contributed by atoms with Gasteiger partial charge in [0.15, 0.2) is 0 Å². The summed E-state index contributed by atoms with van der Waals surface area (Å²) < 4.78 is 6.18. The van der Waals surface area contributed by atoms with Crippen molar-refractivity contribution in [3.05, 3.63) is 12.7 Å². The maximum absolute atomic E-state index is 6.18. The molecule has 13 heavy (non-hydrogen) atoms. The standard InChI is InChI=1S/C12H18O/c1-2-3-12-7-9-4-10(8-12)6-11(5-9)13-12/h2,9-11H,1,3-8H2/t9-,10+,11?,12?. The van der Waals surface area contributed by atoms with Gasteiger partial charge in [-0.3, -0.25) is 0 Å². The van der Waals surface area contributed by atoms with Crippen LogP contribution in [0.3, 0.4) is 0 Å². The summed E-state index contributed by atoms with van der Waals surface area (Å²) in [6.07, 6.45) is 10.5. The van der Waals surface area contributed by atoms with E-state index < -0.39 is 0 Å². The second-order valence-electron chi connectivity index (χ2n) is 5.26. The van der Waals surface area contributed by atoms with Crippen LogP contribution in [0, 0.1) is 11.8 Å². The zero-order valence-electron chi connectivity index (χ0n) is 8.17. The van der Waals surface area contributed by atoms with Crippen molar-refractivity contribution in [2.24, 2.45) is 11.8 Å². The number of ether oxygens (including phenoxy) is 1. The van der Waals surface area contributed by atoms with E-state index in [0.29, 0.717) is 6.10 Å². The average molecular weight is 178 g/mol. The van der Waals surface area contributed by atoms with Crippen LogP contribution < -0.4 is 0 Å². The van der Waals surface area contributed by atoms with Gasteiger partial charge in [0.2, 0.25) is 0 Å². The van der Waals surface area contributed by atoms with E-state index in [9.17, 15) is 0 Å². The highest BCUT2D eigenvalue weighted by atomic mass is 16.5. The summed E-state index contributed by atoms with van der Waals surface area (Å²) in [6, 6.07) is 0. The summed E-state index contributed by atoms with van der Waals surface area (Å²) in [4.78, 5) is 0. The first-order valence-corrected chi connectivity index (χ1v) is 5.58. The summed E-state index contributed by atoms with van der Waals surface area (Å²) in [5.74, 6) is 1.96. The van der Waals surface area contributed by atoms with Crippen LogP contribution >= 0.6 is 0 Å². The van der Waals surface area contributed by atoms with Crippen molar-refractivity contribution in [1.82, 2.24) is 0 Å².